The summed E-state index contributed by atoms with van der Waals surface area (Å²) < 4.78 is 26.8. The number of hydrogen-bond acceptors (Lipinski definition) is 5. The molecule has 0 bridgehead atoms. The van der Waals surface area contributed by atoms with Gasteiger partial charge in [-0.05, 0) is 43.9 Å². The molecule has 0 spiro atoms. The predicted octanol–water partition coefficient (Wildman–Crippen LogP) is 1.61. The molecule has 0 radical (unpaired) electrons. The number of amides is 1. The lowest BCUT2D eigenvalue weighted by Gasteiger charge is -2.31. The van der Waals surface area contributed by atoms with Gasteiger partial charge in [0.25, 0.3) is 5.91 Å². The van der Waals surface area contributed by atoms with Gasteiger partial charge in [-0.3, -0.25) is 9.89 Å². The zero-order valence-electron chi connectivity index (χ0n) is 16.0. The van der Waals surface area contributed by atoms with E-state index in [9.17, 15) is 13.2 Å². The Morgan fingerprint density at radius 3 is 2.69 bits per heavy atom. The fourth-order valence-electron chi connectivity index (χ4n) is 3.55. The predicted molar refractivity (Wildman–Crippen MR) is 107 cm³/mol. The molecule has 1 aliphatic carbocycles. The van der Waals surface area contributed by atoms with Crippen LogP contribution in [-0.2, 0) is 10.0 Å². The number of aromatic nitrogens is 3. The Hall–Kier alpha value is -2.70. The number of likely N-dealkylation sites (tertiary alicyclic amines) is 1. The molecule has 9 heteroatoms. The first-order valence-corrected chi connectivity index (χ1v) is 11.2. The SMILES string of the molecule is C#CCNS(=O)(=O)c1cccc(C(=O)N2CCC(c3nc(C4CC4)n[nH]3)CC2)c1. The van der Waals surface area contributed by atoms with Crippen molar-refractivity contribution in [3.8, 4) is 12.3 Å². The van der Waals surface area contributed by atoms with E-state index < -0.39 is 10.0 Å². The maximum Gasteiger partial charge on any atom is 0.253 e. The Balaban J connectivity index is 1.40. The summed E-state index contributed by atoms with van der Waals surface area (Å²) in [6, 6.07) is 6.04. The highest BCUT2D eigenvalue weighted by molar-refractivity contribution is 7.89. The summed E-state index contributed by atoms with van der Waals surface area (Å²) >= 11 is 0. The molecular weight excluding hydrogens is 390 g/mol. The van der Waals surface area contributed by atoms with Crippen LogP contribution in [0.15, 0.2) is 29.2 Å². The molecule has 1 aliphatic heterocycles. The van der Waals surface area contributed by atoms with Gasteiger partial charge in [0.15, 0.2) is 5.82 Å². The van der Waals surface area contributed by atoms with E-state index in [4.69, 9.17) is 6.42 Å². The van der Waals surface area contributed by atoms with Gasteiger partial charge >= 0.3 is 0 Å². The second-order valence-electron chi connectivity index (χ2n) is 7.48. The Kier molecular flexibility index (Phi) is 5.39. The van der Waals surface area contributed by atoms with Crippen molar-refractivity contribution in [1.82, 2.24) is 24.8 Å². The van der Waals surface area contributed by atoms with Crippen molar-refractivity contribution in [1.29, 1.82) is 0 Å². The van der Waals surface area contributed by atoms with Crippen LogP contribution >= 0.6 is 0 Å². The normalized spacial score (nSPS) is 17.8. The first-order valence-electron chi connectivity index (χ1n) is 9.72. The third-order valence-electron chi connectivity index (χ3n) is 5.39. The van der Waals surface area contributed by atoms with E-state index in [1.54, 1.807) is 17.0 Å². The lowest BCUT2D eigenvalue weighted by atomic mass is 9.95. The molecule has 2 aromatic rings. The molecule has 1 aromatic heterocycles. The van der Waals surface area contributed by atoms with Gasteiger partial charge < -0.3 is 4.90 Å². The molecule has 4 rings (SSSR count). The number of carbonyl (C=O) groups excluding carboxylic acids is 1. The van der Waals surface area contributed by atoms with Gasteiger partial charge in [-0.15, -0.1) is 6.42 Å². The second-order valence-corrected chi connectivity index (χ2v) is 9.24. The minimum absolute atomic E-state index is 0.0303. The van der Waals surface area contributed by atoms with Crippen molar-refractivity contribution in [2.24, 2.45) is 0 Å². The van der Waals surface area contributed by atoms with Crippen LogP contribution in [0, 0.1) is 12.3 Å². The number of terminal acetylenes is 1. The van der Waals surface area contributed by atoms with Gasteiger partial charge in [0.1, 0.15) is 5.82 Å². The van der Waals surface area contributed by atoms with Crippen LogP contribution in [0.4, 0.5) is 0 Å². The van der Waals surface area contributed by atoms with Crippen LogP contribution in [0.1, 0.15) is 59.5 Å². The van der Waals surface area contributed by atoms with Gasteiger partial charge in [0, 0.05) is 30.5 Å². The molecule has 0 atom stereocenters. The van der Waals surface area contributed by atoms with Crippen LogP contribution in [0.25, 0.3) is 0 Å². The lowest BCUT2D eigenvalue weighted by molar-refractivity contribution is 0.0711. The standard InChI is InChI=1S/C20H23N5O3S/c1-2-10-21-29(27,28)17-5-3-4-16(13-17)20(26)25-11-8-15(9-12-25)19-22-18(23-24-19)14-6-7-14/h1,3-5,13-15,21H,6-12H2,(H,22,23,24). The maximum absolute atomic E-state index is 12.9. The van der Waals surface area contributed by atoms with E-state index in [1.165, 1.54) is 12.1 Å². The van der Waals surface area contributed by atoms with E-state index in [0.717, 1.165) is 37.3 Å². The average Bonchev–Trinajstić information content (AvgIpc) is 3.48. The zero-order valence-corrected chi connectivity index (χ0v) is 16.8. The third-order valence-corrected chi connectivity index (χ3v) is 6.79. The van der Waals surface area contributed by atoms with E-state index in [1.807, 2.05) is 0 Å². The van der Waals surface area contributed by atoms with Crippen molar-refractivity contribution >= 4 is 15.9 Å². The summed E-state index contributed by atoms with van der Waals surface area (Å²) in [5.41, 5.74) is 0.350. The Morgan fingerprint density at radius 1 is 1.24 bits per heavy atom. The summed E-state index contributed by atoms with van der Waals surface area (Å²) in [6.45, 7) is 1.09. The molecule has 1 aromatic carbocycles. The number of aromatic amines is 1. The van der Waals surface area contributed by atoms with E-state index in [-0.39, 0.29) is 23.3 Å². The number of hydrogen-bond donors (Lipinski definition) is 2. The van der Waals surface area contributed by atoms with Crippen LogP contribution in [0.2, 0.25) is 0 Å². The highest BCUT2D eigenvalue weighted by Crippen LogP contribution is 2.38. The van der Waals surface area contributed by atoms with E-state index >= 15 is 0 Å². The molecule has 2 N–H and O–H groups in total. The molecule has 2 heterocycles. The van der Waals surface area contributed by atoms with Gasteiger partial charge in [0.2, 0.25) is 10.0 Å². The Morgan fingerprint density at radius 2 is 2.00 bits per heavy atom. The van der Waals surface area contributed by atoms with Crippen molar-refractivity contribution in [2.45, 2.75) is 42.4 Å². The zero-order chi connectivity index (χ0) is 20.4. The van der Waals surface area contributed by atoms with Crippen LogP contribution in [0.3, 0.4) is 0 Å². The summed E-state index contributed by atoms with van der Waals surface area (Å²) in [4.78, 5) is 19.3. The van der Waals surface area contributed by atoms with Gasteiger partial charge in [-0.25, -0.2) is 13.4 Å². The molecule has 1 amide bonds. The summed E-state index contributed by atoms with van der Waals surface area (Å²) in [5.74, 6) is 4.66. The first kappa shape index (κ1) is 19.6. The number of sulfonamides is 1. The summed E-state index contributed by atoms with van der Waals surface area (Å²) in [5, 5.41) is 7.38. The highest BCUT2D eigenvalue weighted by Gasteiger charge is 2.31. The summed E-state index contributed by atoms with van der Waals surface area (Å²) in [7, 11) is -3.74. The van der Waals surface area contributed by atoms with Crippen molar-refractivity contribution in [3.63, 3.8) is 0 Å². The van der Waals surface area contributed by atoms with Crippen LogP contribution in [-0.4, -0.2) is 54.0 Å². The average molecular weight is 414 g/mol. The van der Waals surface area contributed by atoms with Crippen molar-refractivity contribution in [2.75, 3.05) is 19.6 Å². The number of H-pyrrole nitrogens is 1. The van der Waals surface area contributed by atoms with Gasteiger partial charge in [-0.1, -0.05) is 12.0 Å². The number of piperidine rings is 1. The van der Waals surface area contributed by atoms with Crippen molar-refractivity contribution in [3.05, 3.63) is 41.5 Å². The van der Waals surface area contributed by atoms with Crippen LogP contribution < -0.4 is 4.72 Å². The number of rotatable bonds is 6. The van der Waals surface area contributed by atoms with E-state index in [0.29, 0.717) is 24.6 Å². The quantitative estimate of drug-likeness (QED) is 0.700. The molecule has 2 aliphatic rings. The number of carbonyl (C=O) groups is 1. The number of nitrogens with zero attached hydrogens (tertiary/aromatic N) is 3. The molecule has 1 saturated heterocycles. The van der Waals surface area contributed by atoms with Gasteiger partial charge in [0.05, 0.1) is 11.4 Å². The fourth-order valence-corrected chi connectivity index (χ4v) is 4.53. The first-order chi connectivity index (χ1) is 14.0. The molecule has 152 valence electrons. The molecule has 2 fully saturated rings. The van der Waals surface area contributed by atoms with Gasteiger partial charge in [-0.2, -0.15) is 9.82 Å². The third kappa shape index (κ3) is 4.33. The van der Waals surface area contributed by atoms with Crippen LogP contribution in [0.5, 0.6) is 0 Å². The monoisotopic (exact) mass is 413 g/mol. The maximum atomic E-state index is 12.9. The number of benzene rings is 1. The largest absolute Gasteiger partial charge is 0.339 e. The topological polar surface area (TPSA) is 108 Å². The Bertz CT molecular complexity index is 1040. The summed E-state index contributed by atoms with van der Waals surface area (Å²) in [6.07, 6.45) is 9.04. The molecule has 1 saturated carbocycles. The lowest BCUT2D eigenvalue weighted by Crippen LogP contribution is -2.38. The highest BCUT2D eigenvalue weighted by atomic mass is 32.2. The van der Waals surface area contributed by atoms with Crippen molar-refractivity contribution < 1.29 is 13.2 Å². The number of nitrogens with one attached hydrogen (secondary N) is 2. The minimum Gasteiger partial charge on any atom is -0.339 e. The smallest absolute Gasteiger partial charge is 0.253 e. The molecule has 29 heavy (non-hydrogen) atoms. The molecule has 0 unspecified atom stereocenters. The second kappa shape index (κ2) is 7.97. The molecule has 8 nitrogen and oxygen atoms in total. The fraction of sp³-hybridized carbons (Fsp3) is 0.450. The van der Waals surface area contributed by atoms with E-state index in [2.05, 4.69) is 25.8 Å². The minimum atomic E-state index is -3.74. The molecular formula is C20H23N5O3S. The Labute approximate surface area is 170 Å².